The lowest BCUT2D eigenvalue weighted by atomic mass is 9.96. The summed E-state index contributed by atoms with van der Waals surface area (Å²) >= 11 is 0. The van der Waals surface area contributed by atoms with Gasteiger partial charge in [0.15, 0.2) is 0 Å². The SMILES string of the molecule is COC(C)c1cc(C)c(F)c(C#N)c1C. The van der Waals surface area contributed by atoms with E-state index in [1.807, 2.05) is 13.0 Å². The van der Waals surface area contributed by atoms with Crippen LogP contribution in [0.2, 0.25) is 0 Å². The van der Waals surface area contributed by atoms with Gasteiger partial charge in [0.1, 0.15) is 11.9 Å². The minimum Gasteiger partial charge on any atom is -0.377 e. The molecule has 0 saturated carbocycles. The van der Waals surface area contributed by atoms with Crippen LogP contribution in [0.5, 0.6) is 0 Å². The van der Waals surface area contributed by atoms with Gasteiger partial charge in [-0.1, -0.05) is 6.07 Å². The van der Waals surface area contributed by atoms with Gasteiger partial charge in [-0.25, -0.2) is 4.39 Å². The number of nitriles is 1. The maximum absolute atomic E-state index is 13.5. The van der Waals surface area contributed by atoms with E-state index in [1.54, 1.807) is 27.0 Å². The quantitative estimate of drug-likeness (QED) is 0.746. The molecule has 80 valence electrons. The first kappa shape index (κ1) is 11.7. The van der Waals surface area contributed by atoms with Crippen LogP contribution in [0.3, 0.4) is 0 Å². The van der Waals surface area contributed by atoms with Crippen molar-refractivity contribution in [3.8, 4) is 6.07 Å². The largest absolute Gasteiger partial charge is 0.377 e. The Morgan fingerprint density at radius 1 is 1.47 bits per heavy atom. The van der Waals surface area contributed by atoms with Crippen LogP contribution in [-0.4, -0.2) is 7.11 Å². The maximum atomic E-state index is 13.5. The predicted octanol–water partition coefficient (Wildman–Crippen LogP) is 3.02. The van der Waals surface area contributed by atoms with Crippen LogP contribution < -0.4 is 0 Å². The third-order valence-corrected chi connectivity index (χ3v) is 2.65. The minimum absolute atomic E-state index is 0.119. The van der Waals surface area contributed by atoms with Crippen LogP contribution in [-0.2, 0) is 4.74 Å². The summed E-state index contributed by atoms with van der Waals surface area (Å²) in [5.74, 6) is -0.429. The van der Waals surface area contributed by atoms with Crippen LogP contribution in [0.4, 0.5) is 4.39 Å². The highest BCUT2D eigenvalue weighted by atomic mass is 19.1. The molecule has 0 amide bonds. The van der Waals surface area contributed by atoms with Crippen LogP contribution in [0.25, 0.3) is 0 Å². The fourth-order valence-corrected chi connectivity index (χ4v) is 1.59. The zero-order valence-electron chi connectivity index (χ0n) is 9.39. The van der Waals surface area contributed by atoms with E-state index >= 15 is 0 Å². The average Bonchev–Trinajstić information content (AvgIpc) is 2.23. The van der Waals surface area contributed by atoms with Crippen molar-refractivity contribution in [2.24, 2.45) is 0 Å². The van der Waals surface area contributed by atoms with Gasteiger partial charge in [-0.05, 0) is 37.5 Å². The lowest BCUT2D eigenvalue weighted by Gasteiger charge is -2.15. The fourth-order valence-electron chi connectivity index (χ4n) is 1.59. The van der Waals surface area contributed by atoms with E-state index in [1.165, 1.54) is 0 Å². The summed E-state index contributed by atoms with van der Waals surface area (Å²) in [6.45, 7) is 5.27. The third kappa shape index (κ3) is 2.00. The van der Waals surface area contributed by atoms with Crippen molar-refractivity contribution in [1.29, 1.82) is 5.26 Å². The predicted molar refractivity (Wildman–Crippen MR) is 56.0 cm³/mol. The number of ether oxygens (including phenoxy) is 1. The highest BCUT2D eigenvalue weighted by Gasteiger charge is 2.16. The first-order valence-electron chi connectivity index (χ1n) is 4.75. The summed E-state index contributed by atoms with van der Waals surface area (Å²) < 4.78 is 18.7. The summed E-state index contributed by atoms with van der Waals surface area (Å²) in [5.41, 5.74) is 2.13. The number of aryl methyl sites for hydroxylation is 1. The van der Waals surface area contributed by atoms with E-state index in [-0.39, 0.29) is 11.7 Å². The molecular weight excluding hydrogens is 193 g/mol. The highest BCUT2D eigenvalue weighted by molar-refractivity contribution is 5.46. The van der Waals surface area contributed by atoms with E-state index < -0.39 is 5.82 Å². The van der Waals surface area contributed by atoms with E-state index in [0.29, 0.717) is 11.1 Å². The molecule has 0 radical (unpaired) electrons. The summed E-state index contributed by atoms with van der Waals surface area (Å²) in [6.07, 6.45) is -0.128. The molecule has 0 aliphatic rings. The molecule has 0 fully saturated rings. The smallest absolute Gasteiger partial charge is 0.144 e. The molecule has 3 heteroatoms. The summed E-state index contributed by atoms with van der Waals surface area (Å²) in [6, 6.07) is 3.63. The lowest BCUT2D eigenvalue weighted by molar-refractivity contribution is 0.119. The zero-order chi connectivity index (χ0) is 11.6. The second-order valence-corrected chi connectivity index (χ2v) is 3.59. The Hall–Kier alpha value is -1.40. The van der Waals surface area contributed by atoms with Gasteiger partial charge in [0.25, 0.3) is 0 Å². The second kappa shape index (κ2) is 4.41. The first-order chi connectivity index (χ1) is 7.02. The van der Waals surface area contributed by atoms with E-state index in [4.69, 9.17) is 10.00 Å². The molecule has 0 aliphatic carbocycles. The molecule has 1 unspecified atom stereocenters. The Bertz CT molecular complexity index is 421. The Morgan fingerprint density at radius 3 is 2.53 bits per heavy atom. The van der Waals surface area contributed by atoms with Gasteiger partial charge >= 0.3 is 0 Å². The van der Waals surface area contributed by atoms with Gasteiger partial charge in [0.05, 0.1) is 11.7 Å². The number of halogens is 1. The molecule has 0 aliphatic heterocycles. The first-order valence-corrected chi connectivity index (χ1v) is 4.75. The van der Waals surface area contributed by atoms with E-state index in [0.717, 1.165) is 5.56 Å². The lowest BCUT2D eigenvalue weighted by Crippen LogP contribution is -2.04. The Morgan fingerprint density at radius 2 is 2.07 bits per heavy atom. The van der Waals surface area contributed by atoms with Gasteiger partial charge < -0.3 is 4.74 Å². The molecule has 1 atom stereocenters. The number of methoxy groups -OCH3 is 1. The Labute approximate surface area is 89.3 Å². The molecule has 0 N–H and O–H groups in total. The van der Waals surface area contributed by atoms with E-state index in [2.05, 4.69) is 0 Å². The Balaban J connectivity index is 3.45. The Kier molecular flexibility index (Phi) is 3.43. The monoisotopic (exact) mass is 207 g/mol. The molecule has 0 bridgehead atoms. The topological polar surface area (TPSA) is 33.0 Å². The molecule has 0 spiro atoms. The number of rotatable bonds is 2. The minimum atomic E-state index is -0.429. The van der Waals surface area contributed by atoms with Crippen LogP contribution >= 0.6 is 0 Å². The van der Waals surface area contributed by atoms with Crippen molar-refractivity contribution in [1.82, 2.24) is 0 Å². The normalized spacial score (nSPS) is 12.3. The maximum Gasteiger partial charge on any atom is 0.144 e. The van der Waals surface area contributed by atoms with Crippen molar-refractivity contribution < 1.29 is 9.13 Å². The number of benzene rings is 1. The van der Waals surface area contributed by atoms with Gasteiger partial charge in [-0.15, -0.1) is 0 Å². The molecule has 1 aromatic carbocycles. The molecule has 1 rings (SSSR count). The summed E-state index contributed by atoms with van der Waals surface area (Å²) in [5, 5.41) is 8.87. The fraction of sp³-hybridized carbons (Fsp3) is 0.417. The molecule has 1 aromatic rings. The average molecular weight is 207 g/mol. The van der Waals surface area contributed by atoms with Gasteiger partial charge in [-0.2, -0.15) is 5.26 Å². The van der Waals surface area contributed by atoms with Crippen molar-refractivity contribution in [2.45, 2.75) is 26.9 Å². The van der Waals surface area contributed by atoms with Crippen LogP contribution in [0.15, 0.2) is 6.07 Å². The standard InChI is InChI=1S/C12H14FNO/c1-7-5-10(9(3)15-4)8(2)11(6-14)12(7)13/h5,9H,1-4H3. The van der Waals surface area contributed by atoms with Gasteiger partial charge in [0.2, 0.25) is 0 Å². The van der Waals surface area contributed by atoms with E-state index in [9.17, 15) is 4.39 Å². The molecule has 0 aromatic heterocycles. The van der Waals surface area contributed by atoms with Gasteiger partial charge in [-0.3, -0.25) is 0 Å². The van der Waals surface area contributed by atoms with Crippen LogP contribution in [0, 0.1) is 31.0 Å². The molecule has 0 saturated heterocycles. The van der Waals surface area contributed by atoms with Crippen molar-refractivity contribution in [3.63, 3.8) is 0 Å². The molecular formula is C12H14FNO. The highest BCUT2D eigenvalue weighted by Crippen LogP contribution is 2.26. The summed E-state index contributed by atoms with van der Waals surface area (Å²) in [4.78, 5) is 0. The zero-order valence-corrected chi connectivity index (χ0v) is 9.39. The second-order valence-electron chi connectivity index (χ2n) is 3.59. The van der Waals surface area contributed by atoms with Crippen molar-refractivity contribution in [3.05, 3.63) is 34.1 Å². The third-order valence-electron chi connectivity index (χ3n) is 2.65. The van der Waals surface area contributed by atoms with Crippen LogP contribution in [0.1, 0.15) is 35.3 Å². The number of hydrogen-bond donors (Lipinski definition) is 0. The van der Waals surface area contributed by atoms with Crippen molar-refractivity contribution in [2.75, 3.05) is 7.11 Å². The molecule has 15 heavy (non-hydrogen) atoms. The summed E-state index contributed by atoms with van der Waals surface area (Å²) in [7, 11) is 1.59. The molecule has 0 heterocycles. The number of hydrogen-bond acceptors (Lipinski definition) is 2. The van der Waals surface area contributed by atoms with Crippen molar-refractivity contribution >= 4 is 0 Å². The number of nitrogens with zero attached hydrogens (tertiary/aromatic N) is 1. The van der Waals surface area contributed by atoms with Gasteiger partial charge in [0, 0.05) is 7.11 Å². The molecule has 2 nitrogen and oxygen atoms in total.